The van der Waals surface area contributed by atoms with E-state index in [-0.39, 0.29) is 23.9 Å². The smallest absolute Gasteiger partial charge is 0.231 e. The van der Waals surface area contributed by atoms with Crippen LogP contribution in [0.4, 0.5) is 14.5 Å². The third-order valence-electron chi connectivity index (χ3n) is 6.76. The molecule has 4 N–H and O–H groups in total. The fourth-order valence-corrected chi connectivity index (χ4v) is 4.79. The number of rotatable bonds is 4. The first-order valence-corrected chi connectivity index (χ1v) is 10.9. The number of aromatic nitrogens is 1. The molecule has 0 aliphatic heterocycles. The summed E-state index contributed by atoms with van der Waals surface area (Å²) in [4.78, 5) is 16.1. The van der Waals surface area contributed by atoms with E-state index in [9.17, 15) is 13.6 Å². The van der Waals surface area contributed by atoms with Crippen LogP contribution in [-0.4, -0.2) is 10.9 Å². The SMILES string of the molecule is CC(C(=O)Nc1cccc(C2(N)CCCC2)c1)c1ccc2c(c1)[nH]c1cc(F)c(F)cc12.Cl. The van der Waals surface area contributed by atoms with E-state index in [2.05, 4.69) is 10.3 Å². The summed E-state index contributed by atoms with van der Waals surface area (Å²) in [7, 11) is 0. The Morgan fingerprint density at radius 2 is 1.70 bits per heavy atom. The topological polar surface area (TPSA) is 70.9 Å². The number of fused-ring (bicyclic) bond motifs is 3. The zero-order valence-electron chi connectivity index (χ0n) is 18.3. The van der Waals surface area contributed by atoms with Crippen molar-refractivity contribution in [3.8, 4) is 0 Å². The maximum absolute atomic E-state index is 13.7. The number of carbonyl (C=O) groups is 1. The van der Waals surface area contributed by atoms with Crippen molar-refractivity contribution in [3.63, 3.8) is 0 Å². The Morgan fingerprint density at radius 1 is 1.00 bits per heavy atom. The van der Waals surface area contributed by atoms with E-state index in [4.69, 9.17) is 5.73 Å². The minimum absolute atomic E-state index is 0. The Balaban J connectivity index is 0.00000259. The lowest BCUT2D eigenvalue weighted by Crippen LogP contribution is -2.33. The summed E-state index contributed by atoms with van der Waals surface area (Å²) in [6, 6.07) is 15.7. The van der Waals surface area contributed by atoms with E-state index in [0.29, 0.717) is 10.9 Å². The van der Waals surface area contributed by atoms with Crippen LogP contribution in [0.2, 0.25) is 0 Å². The van der Waals surface area contributed by atoms with Crippen LogP contribution in [0.25, 0.3) is 21.8 Å². The summed E-state index contributed by atoms with van der Waals surface area (Å²) < 4.78 is 27.3. The normalized spacial score (nSPS) is 16.0. The molecule has 0 spiro atoms. The number of nitrogens with two attached hydrogens (primary N) is 1. The van der Waals surface area contributed by atoms with Crippen LogP contribution in [-0.2, 0) is 10.3 Å². The Kier molecular flexibility index (Phi) is 6.16. The summed E-state index contributed by atoms with van der Waals surface area (Å²) in [6.07, 6.45) is 4.16. The highest BCUT2D eigenvalue weighted by Gasteiger charge is 2.31. The van der Waals surface area contributed by atoms with Crippen LogP contribution in [0.3, 0.4) is 0 Å². The van der Waals surface area contributed by atoms with Crippen molar-refractivity contribution in [2.75, 3.05) is 5.32 Å². The fraction of sp³-hybridized carbons (Fsp3) is 0.269. The molecule has 1 amide bonds. The number of H-pyrrole nitrogens is 1. The van der Waals surface area contributed by atoms with Gasteiger partial charge in [0.2, 0.25) is 5.91 Å². The summed E-state index contributed by atoms with van der Waals surface area (Å²) in [6.45, 7) is 1.84. The number of nitrogens with one attached hydrogen (secondary N) is 2. The molecule has 1 fully saturated rings. The quantitative estimate of drug-likeness (QED) is 0.319. The lowest BCUT2D eigenvalue weighted by atomic mass is 9.89. The third kappa shape index (κ3) is 4.21. The standard InChI is InChI=1S/C26H25F2N3O.ClH/c1-15(25(32)30-18-6-4-5-17(12-18)26(29)9-2-3-10-26)16-7-8-19-20-13-21(27)22(28)14-24(20)31-23(19)11-16;/h4-8,11-15,31H,2-3,9-10,29H2,1H3,(H,30,32);1H. The monoisotopic (exact) mass is 469 g/mol. The van der Waals surface area contributed by atoms with Gasteiger partial charge in [-0.2, -0.15) is 0 Å². The van der Waals surface area contributed by atoms with Gasteiger partial charge in [-0.25, -0.2) is 8.78 Å². The lowest BCUT2D eigenvalue weighted by Gasteiger charge is -2.25. The van der Waals surface area contributed by atoms with Gasteiger partial charge in [-0.1, -0.05) is 37.1 Å². The number of amides is 1. The molecule has 3 aromatic carbocycles. The van der Waals surface area contributed by atoms with Gasteiger partial charge in [-0.05, 0) is 55.2 Å². The van der Waals surface area contributed by atoms with Crippen LogP contribution >= 0.6 is 12.4 Å². The highest BCUT2D eigenvalue weighted by atomic mass is 35.5. The highest BCUT2D eigenvalue weighted by molar-refractivity contribution is 6.07. The van der Waals surface area contributed by atoms with Crippen molar-refractivity contribution in [3.05, 3.63) is 77.4 Å². The molecular weight excluding hydrogens is 444 g/mol. The molecule has 1 heterocycles. The van der Waals surface area contributed by atoms with E-state index in [1.807, 2.05) is 49.4 Å². The molecule has 1 atom stereocenters. The number of benzene rings is 3. The molecule has 7 heteroatoms. The molecule has 1 aliphatic carbocycles. The molecular formula is C26H26ClF2N3O. The van der Waals surface area contributed by atoms with E-state index < -0.39 is 17.6 Å². The van der Waals surface area contributed by atoms with Gasteiger partial charge in [0.05, 0.1) is 5.92 Å². The second-order valence-electron chi connectivity index (χ2n) is 8.90. The maximum Gasteiger partial charge on any atom is 0.231 e. The zero-order valence-corrected chi connectivity index (χ0v) is 19.1. The molecule has 1 aliphatic rings. The minimum Gasteiger partial charge on any atom is -0.354 e. The number of carbonyl (C=O) groups excluding carboxylic acids is 1. The average Bonchev–Trinajstić information content (AvgIpc) is 3.37. The number of aromatic amines is 1. The minimum atomic E-state index is -0.892. The highest BCUT2D eigenvalue weighted by Crippen LogP contribution is 2.37. The second kappa shape index (κ2) is 8.76. The molecule has 0 saturated heterocycles. The molecule has 0 bridgehead atoms. The number of hydrogen-bond donors (Lipinski definition) is 3. The van der Waals surface area contributed by atoms with E-state index in [0.717, 1.165) is 59.5 Å². The van der Waals surface area contributed by atoms with Gasteiger partial charge in [-0.15, -0.1) is 12.4 Å². The molecule has 4 aromatic rings. The number of anilines is 1. The number of halogens is 3. The first-order valence-electron chi connectivity index (χ1n) is 10.9. The van der Waals surface area contributed by atoms with Gasteiger partial charge in [0, 0.05) is 39.1 Å². The van der Waals surface area contributed by atoms with Gasteiger partial charge >= 0.3 is 0 Å². The van der Waals surface area contributed by atoms with Crippen molar-refractivity contribution in [1.82, 2.24) is 4.98 Å². The maximum atomic E-state index is 13.7. The molecule has 5 rings (SSSR count). The first-order chi connectivity index (χ1) is 15.3. The molecule has 172 valence electrons. The Morgan fingerprint density at radius 3 is 2.45 bits per heavy atom. The molecule has 33 heavy (non-hydrogen) atoms. The summed E-state index contributed by atoms with van der Waals surface area (Å²) in [5, 5.41) is 4.40. The predicted molar refractivity (Wildman–Crippen MR) is 131 cm³/mol. The van der Waals surface area contributed by atoms with Gasteiger partial charge in [0.25, 0.3) is 0 Å². The van der Waals surface area contributed by atoms with Crippen LogP contribution < -0.4 is 11.1 Å². The van der Waals surface area contributed by atoms with Crippen molar-refractivity contribution in [2.45, 2.75) is 44.1 Å². The lowest BCUT2D eigenvalue weighted by molar-refractivity contribution is -0.117. The van der Waals surface area contributed by atoms with Gasteiger partial charge < -0.3 is 16.0 Å². The summed E-state index contributed by atoms with van der Waals surface area (Å²) in [5.41, 5.74) is 10.1. The largest absolute Gasteiger partial charge is 0.354 e. The Bertz CT molecular complexity index is 1340. The molecule has 1 saturated carbocycles. The molecule has 1 aromatic heterocycles. The average molecular weight is 470 g/mol. The summed E-state index contributed by atoms with van der Waals surface area (Å²) >= 11 is 0. The first kappa shape index (κ1) is 23.2. The van der Waals surface area contributed by atoms with E-state index >= 15 is 0 Å². The molecule has 0 radical (unpaired) electrons. The van der Waals surface area contributed by atoms with Crippen molar-refractivity contribution in [2.24, 2.45) is 5.73 Å². The van der Waals surface area contributed by atoms with Crippen molar-refractivity contribution < 1.29 is 13.6 Å². The van der Waals surface area contributed by atoms with Crippen LogP contribution in [0.15, 0.2) is 54.6 Å². The second-order valence-corrected chi connectivity index (χ2v) is 8.90. The Labute approximate surface area is 197 Å². The molecule has 1 unspecified atom stereocenters. The van der Waals surface area contributed by atoms with Crippen molar-refractivity contribution >= 4 is 45.8 Å². The van der Waals surface area contributed by atoms with Crippen LogP contribution in [0, 0.1) is 11.6 Å². The van der Waals surface area contributed by atoms with E-state index in [1.54, 1.807) is 0 Å². The van der Waals surface area contributed by atoms with Crippen molar-refractivity contribution in [1.29, 1.82) is 0 Å². The van der Waals surface area contributed by atoms with Gasteiger partial charge in [0.15, 0.2) is 11.6 Å². The zero-order chi connectivity index (χ0) is 22.5. The Hall–Kier alpha value is -2.96. The number of hydrogen-bond acceptors (Lipinski definition) is 2. The van der Waals surface area contributed by atoms with Gasteiger partial charge in [0.1, 0.15) is 0 Å². The fourth-order valence-electron chi connectivity index (χ4n) is 4.79. The predicted octanol–water partition coefficient (Wildman–Crippen LogP) is 6.49. The third-order valence-corrected chi connectivity index (χ3v) is 6.76. The van der Waals surface area contributed by atoms with Crippen LogP contribution in [0.5, 0.6) is 0 Å². The summed E-state index contributed by atoms with van der Waals surface area (Å²) in [5.74, 6) is -2.32. The molecule has 4 nitrogen and oxygen atoms in total. The van der Waals surface area contributed by atoms with Crippen LogP contribution in [0.1, 0.15) is 49.7 Å². The van der Waals surface area contributed by atoms with Gasteiger partial charge in [-0.3, -0.25) is 4.79 Å². The van der Waals surface area contributed by atoms with E-state index in [1.165, 1.54) is 6.07 Å².